The molecule has 1 aliphatic rings. The van der Waals surface area contributed by atoms with Gasteiger partial charge in [-0.15, -0.1) is 0 Å². The standard InChI is InChI=1S/C20H24N4O3/c1-23-11-8-14-6-7-15(13-17(14)23)20(25)24-10-4-3-5-16(24)19-21-18(22-27-19)9-12-26-2/h6-8,11,13,16H,3-5,9-10,12H2,1-2H3. The second-order valence-corrected chi connectivity index (χ2v) is 7.00. The zero-order valence-corrected chi connectivity index (χ0v) is 15.7. The van der Waals surface area contributed by atoms with E-state index in [-0.39, 0.29) is 11.9 Å². The minimum Gasteiger partial charge on any atom is -0.384 e. The van der Waals surface area contributed by atoms with Crippen LogP contribution in [-0.4, -0.2) is 45.8 Å². The topological polar surface area (TPSA) is 73.4 Å². The van der Waals surface area contributed by atoms with Crippen LogP contribution in [0.1, 0.15) is 47.4 Å². The van der Waals surface area contributed by atoms with Crippen molar-refractivity contribution in [3.63, 3.8) is 0 Å². The van der Waals surface area contributed by atoms with Crippen molar-refractivity contribution in [3.8, 4) is 0 Å². The van der Waals surface area contributed by atoms with Crippen LogP contribution in [0.25, 0.3) is 10.9 Å². The fourth-order valence-corrected chi connectivity index (χ4v) is 3.69. The Morgan fingerprint density at radius 3 is 3.07 bits per heavy atom. The number of ether oxygens (including phenoxy) is 1. The van der Waals surface area contributed by atoms with E-state index in [4.69, 9.17) is 9.26 Å². The number of aryl methyl sites for hydroxylation is 1. The van der Waals surface area contributed by atoms with Crippen LogP contribution in [0.3, 0.4) is 0 Å². The number of aromatic nitrogens is 3. The second kappa shape index (κ2) is 7.52. The van der Waals surface area contributed by atoms with Crippen LogP contribution in [0.2, 0.25) is 0 Å². The largest absolute Gasteiger partial charge is 0.384 e. The average Bonchev–Trinajstić information content (AvgIpc) is 3.32. The van der Waals surface area contributed by atoms with Gasteiger partial charge in [-0.05, 0) is 42.8 Å². The van der Waals surface area contributed by atoms with Crippen LogP contribution in [0.5, 0.6) is 0 Å². The molecule has 1 fully saturated rings. The lowest BCUT2D eigenvalue weighted by atomic mass is 10.0. The first-order valence-corrected chi connectivity index (χ1v) is 9.35. The molecule has 3 heterocycles. The maximum absolute atomic E-state index is 13.2. The van der Waals surface area contributed by atoms with Crippen LogP contribution in [0, 0.1) is 0 Å². The SMILES string of the molecule is COCCc1noc(C2CCCCN2C(=O)c2ccc3ccn(C)c3c2)n1. The minimum absolute atomic E-state index is 0.0134. The molecule has 0 saturated carbocycles. The monoisotopic (exact) mass is 368 g/mol. The Bertz CT molecular complexity index is 946. The van der Waals surface area contributed by atoms with Gasteiger partial charge in [-0.25, -0.2) is 0 Å². The van der Waals surface area contributed by atoms with Crippen LogP contribution in [-0.2, 0) is 18.2 Å². The third-order valence-electron chi connectivity index (χ3n) is 5.20. The summed E-state index contributed by atoms with van der Waals surface area (Å²) in [5.41, 5.74) is 1.74. The molecule has 1 saturated heterocycles. The fraction of sp³-hybridized carbons (Fsp3) is 0.450. The van der Waals surface area contributed by atoms with Crippen molar-refractivity contribution in [3.05, 3.63) is 47.7 Å². The van der Waals surface area contributed by atoms with Gasteiger partial charge in [0, 0.05) is 44.4 Å². The molecule has 0 aliphatic carbocycles. The summed E-state index contributed by atoms with van der Waals surface area (Å²) in [6.45, 7) is 1.24. The molecule has 27 heavy (non-hydrogen) atoms. The van der Waals surface area contributed by atoms with E-state index in [2.05, 4.69) is 10.1 Å². The summed E-state index contributed by atoms with van der Waals surface area (Å²) in [7, 11) is 3.63. The normalized spacial score (nSPS) is 17.6. The number of benzene rings is 1. The van der Waals surface area contributed by atoms with Crippen molar-refractivity contribution in [1.82, 2.24) is 19.6 Å². The van der Waals surface area contributed by atoms with Crippen molar-refractivity contribution < 1.29 is 14.1 Å². The summed E-state index contributed by atoms with van der Waals surface area (Å²) in [6.07, 6.45) is 5.47. The lowest BCUT2D eigenvalue weighted by Crippen LogP contribution is -2.38. The Labute approximate surface area is 157 Å². The summed E-state index contributed by atoms with van der Waals surface area (Å²) in [5, 5.41) is 5.16. The summed E-state index contributed by atoms with van der Waals surface area (Å²) < 4.78 is 12.6. The summed E-state index contributed by atoms with van der Waals surface area (Å²) in [4.78, 5) is 19.6. The van der Waals surface area contributed by atoms with Gasteiger partial charge in [0.05, 0.1) is 6.61 Å². The first kappa shape index (κ1) is 17.7. The van der Waals surface area contributed by atoms with E-state index in [0.29, 0.717) is 36.9 Å². The van der Waals surface area contributed by atoms with Crippen molar-refractivity contribution >= 4 is 16.8 Å². The van der Waals surface area contributed by atoms with Gasteiger partial charge < -0.3 is 18.7 Å². The molecule has 0 spiro atoms. The van der Waals surface area contributed by atoms with E-state index >= 15 is 0 Å². The van der Waals surface area contributed by atoms with Gasteiger partial charge in [-0.2, -0.15) is 4.98 Å². The van der Waals surface area contributed by atoms with E-state index < -0.39 is 0 Å². The number of piperidine rings is 1. The summed E-state index contributed by atoms with van der Waals surface area (Å²) >= 11 is 0. The van der Waals surface area contributed by atoms with Gasteiger partial charge in [0.1, 0.15) is 6.04 Å². The van der Waals surface area contributed by atoms with Crippen molar-refractivity contribution in [2.75, 3.05) is 20.3 Å². The molecule has 1 atom stereocenters. The van der Waals surface area contributed by atoms with Crippen LogP contribution in [0.15, 0.2) is 35.0 Å². The van der Waals surface area contributed by atoms with Gasteiger partial charge in [-0.3, -0.25) is 4.79 Å². The molecule has 1 aliphatic heterocycles. The summed E-state index contributed by atoms with van der Waals surface area (Å²) in [6, 6.07) is 7.73. The van der Waals surface area contributed by atoms with E-state index in [1.807, 2.05) is 47.0 Å². The molecule has 1 aromatic carbocycles. The number of carbonyl (C=O) groups excluding carboxylic acids is 1. The van der Waals surface area contributed by atoms with Gasteiger partial charge in [0.25, 0.3) is 5.91 Å². The zero-order chi connectivity index (χ0) is 18.8. The number of nitrogens with zero attached hydrogens (tertiary/aromatic N) is 4. The van der Waals surface area contributed by atoms with E-state index in [9.17, 15) is 4.79 Å². The molecule has 3 aromatic rings. The van der Waals surface area contributed by atoms with Gasteiger partial charge >= 0.3 is 0 Å². The number of methoxy groups -OCH3 is 1. The Morgan fingerprint density at radius 1 is 1.33 bits per heavy atom. The highest BCUT2D eigenvalue weighted by Crippen LogP contribution is 2.31. The smallest absolute Gasteiger partial charge is 0.254 e. The summed E-state index contributed by atoms with van der Waals surface area (Å²) in [5.74, 6) is 1.16. The third-order valence-corrected chi connectivity index (χ3v) is 5.20. The van der Waals surface area contributed by atoms with Gasteiger partial charge in [0.2, 0.25) is 5.89 Å². The maximum Gasteiger partial charge on any atom is 0.254 e. The molecule has 2 aromatic heterocycles. The number of rotatable bonds is 5. The maximum atomic E-state index is 13.2. The van der Waals surface area contributed by atoms with Gasteiger partial charge in [0.15, 0.2) is 5.82 Å². The zero-order valence-electron chi connectivity index (χ0n) is 15.7. The predicted molar refractivity (Wildman–Crippen MR) is 100 cm³/mol. The number of amides is 1. The molecule has 7 heteroatoms. The molecule has 4 rings (SSSR count). The number of likely N-dealkylation sites (tertiary alicyclic amines) is 1. The van der Waals surface area contributed by atoms with Crippen molar-refractivity contribution in [1.29, 1.82) is 0 Å². The quantitative estimate of drug-likeness (QED) is 0.692. The molecule has 142 valence electrons. The predicted octanol–water partition coefficient (Wildman–Crippen LogP) is 3.12. The Morgan fingerprint density at radius 2 is 2.22 bits per heavy atom. The lowest BCUT2D eigenvalue weighted by molar-refractivity contribution is 0.0561. The minimum atomic E-state index is -0.167. The molecular formula is C20H24N4O3. The van der Waals surface area contributed by atoms with Crippen LogP contribution in [0.4, 0.5) is 0 Å². The van der Waals surface area contributed by atoms with Gasteiger partial charge in [-0.1, -0.05) is 11.2 Å². The molecule has 1 amide bonds. The van der Waals surface area contributed by atoms with Crippen molar-refractivity contribution in [2.45, 2.75) is 31.7 Å². The Balaban J connectivity index is 1.60. The van der Waals surface area contributed by atoms with Crippen molar-refractivity contribution in [2.24, 2.45) is 7.05 Å². The first-order chi connectivity index (χ1) is 13.2. The average molecular weight is 368 g/mol. The van der Waals surface area contributed by atoms with E-state index in [1.165, 1.54) is 0 Å². The van der Waals surface area contributed by atoms with Crippen LogP contribution < -0.4 is 0 Å². The lowest BCUT2D eigenvalue weighted by Gasteiger charge is -2.33. The molecule has 1 unspecified atom stereocenters. The van der Waals surface area contributed by atoms with E-state index in [1.54, 1.807) is 7.11 Å². The molecule has 0 N–H and O–H groups in total. The molecule has 0 radical (unpaired) electrons. The highest BCUT2D eigenvalue weighted by atomic mass is 16.5. The fourth-order valence-electron chi connectivity index (χ4n) is 3.69. The highest BCUT2D eigenvalue weighted by molar-refractivity contribution is 5.98. The Kier molecular flexibility index (Phi) is 4.94. The molecular weight excluding hydrogens is 344 g/mol. The molecule has 0 bridgehead atoms. The Hall–Kier alpha value is -2.67. The second-order valence-electron chi connectivity index (χ2n) is 7.00. The van der Waals surface area contributed by atoms with E-state index in [0.717, 1.165) is 30.2 Å². The van der Waals surface area contributed by atoms with Crippen LogP contribution >= 0.6 is 0 Å². The number of hydrogen-bond donors (Lipinski definition) is 0. The third kappa shape index (κ3) is 3.47. The number of hydrogen-bond acceptors (Lipinski definition) is 5. The number of carbonyl (C=O) groups is 1. The molecule has 7 nitrogen and oxygen atoms in total. The number of fused-ring (bicyclic) bond motifs is 1. The highest BCUT2D eigenvalue weighted by Gasteiger charge is 2.32. The first-order valence-electron chi connectivity index (χ1n) is 9.35.